The highest BCUT2D eigenvalue weighted by molar-refractivity contribution is 7.19. The number of carbonyl (C=O) groups is 1. The minimum Gasteiger partial charge on any atom is -0.457 e. The molecule has 0 bridgehead atoms. The summed E-state index contributed by atoms with van der Waals surface area (Å²) < 4.78 is 5.18. The summed E-state index contributed by atoms with van der Waals surface area (Å²) in [6.45, 7) is 3.68. The molecule has 0 fully saturated rings. The van der Waals surface area contributed by atoms with Crippen molar-refractivity contribution >= 4 is 33.3 Å². The van der Waals surface area contributed by atoms with Crippen LogP contribution >= 0.6 is 11.3 Å². The fourth-order valence-corrected chi connectivity index (χ4v) is 3.89. The van der Waals surface area contributed by atoms with Crippen molar-refractivity contribution in [3.05, 3.63) is 16.3 Å². The Balaban J connectivity index is 1.91. The topological polar surface area (TPSA) is 78.1 Å². The first-order chi connectivity index (χ1) is 10.1. The van der Waals surface area contributed by atoms with E-state index in [1.165, 1.54) is 23.3 Å². The normalized spacial score (nSPS) is 14.4. The Morgan fingerprint density at radius 1 is 1.33 bits per heavy atom. The molecule has 0 saturated heterocycles. The van der Waals surface area contributed by atoms with Crippen LogP contribution < -0.4 is 5.73 Å². The van der Waals surface area contributed by atoms with Crippen LogP contribution in [0.15, 0.2) is 0 Å². The molecule has 2 heterocycles. The SMILES string of the molecule is CC(C)C(=O)OCc1nc(N)c2c3c(sc2n1)CCCC3. The maximum atomic E-state index is 11.5. The van der Waals surface area contributed by atoms with Crippen LogP contribution in [0.25, 0.3) is 10.2 Å². The number of hydrogen-bond donors (Lipinski definition) is 1. The van der Waals surface area contributed by atoms with Gasteiger partial charge in [-0.15, -0.1) is 11.3 Å². The van der Waals surface area contributed by atoms with E-state index < -0.39 is 0 Å². The number of rotatable bonds is 3. The van der Waals surface area contributed by atoms with Crippen molar-refractivity contribution in [2.24, 2.45) is 5.92 Å². The molecular weight excluding hydrogens is 286 g/mol. The molecule has 0 radical (unpaired) electrons. The van der Waals surface area contributed by atoms with Gasteiger partial charge in [0.15, 0.2) is 12.4 Å². The molecule has 1 aliphatic carbocycles. The summed E-state index contributed by atoms with van der Waals surface area (Å²) >= 11 is 1.70. The van der Waals surface area contributed by atoms with Gasteiger partial charge in [0.25, 0.3) is 0 Å². The summed E-state index contributed by atoms with van der Waals surface area (Å²) in [5.41, 5.74) is 7.43. The number of ether oxygens (including phenoxy) is 1. The Morgan fingerprint density at radius 2 is 2.10 bits per heavy atom. The third-order valence-corrected chi connectivity index (χ3v) is 4.89. The third-order valence-electron chi connectivity index (χ3n) is 3.70. The van der Waals surface area contributed by atoms with Gasteiger partial charge in [0.05, 0.1) is 11.3 Å². The Kier molecular flexibility index (Phi) is 3.80. The molecule has 0 spiro atoms. The second-order valence-electron chi connectivity index (χ2n) is 5.68. The van der Waals surface area contributed by atoms with Crippen LogP contribution in [-0.2, 0) is 29.0 Å². The second kappa shape index (κ2) is 5.60. The molecular formula is C15H19N3O2S. The highest BCUT2D eigenvalue weighted by atomic mass is 32.1. The Hall–Kier alpha value is -1.69. The molecule has 2 N–H and O–H groups in total. The van der Waals surface area contributed by atoms with Crippen molar-refractivity contribution in [3.8, 4) is 0 Å². The average Bonchev–Trinajstić information content (AvgIpc) is 2.83. The largest absolute Gasteiger partial charge is 0.457 e. The minimum atomic E-state index is -0.247. The lowest BCUT2D eigenvalue weighted by molar-refractivity contribution is -0.148. The number of hydrogen-bond acceptors (Lipinski definition) is 6. The zero-order chi connectivity index (χ0) is 15.0. The summed E-state index contributed by atoms with van der Waals surface area (Å²) in [5.74, 6) is 0.588. The number of nitrogens with zero attached hydrogens (tertiary/aromatic N) is 2. The van der Waals surface area contributed by atoms with Gasteiger partial charge in [0.2, 0.25) is 0 Å². The number of aromatic nitrogens is 2. The first kappa shape index (κ1) is 14.3. The smallest absolute Gasteiger partial charge is 0.308 e. The van der Waals surface area contributed by atoms with Crippen molar-refractivity contribution in [3.63, 3.8) is 0 Å². The first-order valence-electron chi connectivity index (χ1n) is 7.29. The van der Waals surface area contributed by atoms with Gasteiger partial charge in [-0.1, -0.05) is 13.8 Å². The molecule has 2 aromatic heterocycles. The number of nitrogens with two attached hydrogens (primary N) is 1. The molecule has 5 nitrogen and oxygen atoms in total. The van der Waals surface area contributed by atoms with E-state index in [1.54, 1.807) is 25.2 Å². The molecule has 112 valence electrons. The van der Waals surface area contributed by atoms with E-state index in [0.717, 1.165) is 23.1 Å². The molecule has 1 aliphatic rings. The van der Waals surface area contributed by atoms with Crippen LogP contribution in [0, 0.1) is 5.92 Å². The molecule has 0 atom stereocenters. The van der Waals surface area contributed by atoms with E-state index in [-0.39, 0.29) is 18.5 Å². The van der Waals surface area contributed by atoms with Crippen LogP contribution in [0.2, 0.25) is 0 Å². The van der Waals surface area contributed by atoms with Crippen LogP contribution in [0.5, 0.6) is 0 Å². The standard InChI is InChI=1S/C15H19N3O2S/c1-8(2)15(19)20-7-11-17-13(16)12-9-5-3-4-6-10(9)21-14(12)18-11/h8H,3-7H2,1-2H3,(H2,16,17,18). The summed E-state index contributed by atoms with van der Waals surface area (Å²) in [6, 6.07) is 0. The van der Waals surface area contributed by atoms with E-state index in [0.29, 0.717) is 11.6 Å². The Labute approximate surface area is 127 Å². The van der Waals surface area contributed by atoms with E-state index >= 15 is 0 Å². The van der Waals surface area contributed by atoms with Gasteiger partial charge < -0.3 is 10.5 Å². The molecule has 0 saturated carbocycles. The fraction of sp³-hybridized carbons (Fsp3) is 0.533. The second-order valence-corrected chi connectivity index (χ2v) is 6.76. The summed E-state index contributed by atoms with van der Waals surface area (Å²) in [4.78, 5) is 22.7. The number of carbonyl (C=O) groups excluding carboxylic acids is 1. The number of nitrogen functional groups attached to an aromatic ring is 1. The maximum Gasteiger partial charge on any atom is 0.308 e. The zero-order valence-electron chi connectivity index (χ0n) is 12.3. The molecule has 2 aromatic rings. The summed E-state index contributed by atoms with van der Waals surface area (Å²) in [5, 5.41) is 1.01. The van der Waals surface area contributed by atoms with Gasteiger partial charge >= 0.3 is 5.97 Å². The summed E-state index contributed by atoms with van der Waals surface area (Å²) in [6.07, 6.45) is 4.59. The quantitative estimate of drug-likeness (QED) is 0.882. The molecule has 6 heteroatoms. The molecule has 3 rings (SSSR count). The maximum absolute atomic E-state index is 11.5. The lowest BCUT2D eigenvalue weighted by Gasteiger charge is -2.11. The highest BCUT2D eigenvalue weighted by Gasteiger charge is 2.20. The van der Waals surface area contributed by atoms with Gasteiger partial charge in [0.1, 0.15) is 10.6 Å². The number of aryl methyl sites for hydroxylation is 2. The van der Waals surface area contributed by atoms with Crippen molar-refractivity contribution in [2.75, 3.05) is 5.73 Å². The lowest BCUT2D eigenvalue weighted by atomic mass is 9.97. The van der Waals surface area contributed by atoms with Crippen LogP contribution in [-0.4, -0.2) is 15.9 Å². The molecule has 0 unspecified atom stereocenters. The van der Waals surface area contributed by atoms with Gasteiger partial charge in [0, 0.05) is 4.88 Å². The molecule has 0 aromatic carbocycles. The van der Waals surface area contributed by atoms with Crippen LogP contribution in [0.1, 0.15) is 43.0 Å². The minimum absolute atomic E-state index is 0.0831. The predicted octanol–water partition coefficient (Wildman–Crippen LogP) is 2.85. The number of fused-ring (bicyclic) bond motifs is 3. The van der Waals surface area contributed by atoms with Crippen LogP contribution in [0.4, 0.5) is 5.82 Å². The number of thiophene rings is 1. The van der Waals surface area contributed by atoms with E-state index in [9.17, 15) is 4.79 Å². The number of esters is 1. The zero-order valence-corrected chi connectivity index (χ0v) is 13.1. The van der Waals surface area contributed by atoms with Crippen LogP contribution in [0.3, 0.4) is 0 Å². The molecule has 21 heavy (non-hydrogen) atoms. The van der Waals surface area contributed by atoms with Crippen molar-refractivity contribution in [1.29, 1.82) is 0 Å². The summed E-state index contributed by atoms with van der Waals surface area (Å²) in [7, 11) is 0. The average molecular weight is 305 g/mol. The predicted molar refractivity (Wildman–Crippen MR) is 83.1 cm³/mol. The fourth-order valence-electron chi connectivity index (χ4n) is 2.60. The van der Waals surface area contributed by atoms with Gasteiger partial charge in [-0.05, 0) is 31.2 Å². The Bertz CT molecular complexity index is 694. The van der Waals surface area contributed by atoms with E-state index in [2.05, 4.69) is 9.97 Å². The van der Waals surface area contributed by atoms with E-state index in [4.69, 9.17) is 10.5 Å². The van der Waals surface area contributed by atoms with Crippen molar-refractivity contribution in [2.45, 2.75) is 46.1 Å². The van der Waals surface area contributed by atoms with E-state index in [1.807, 2.05) is 0 Å². The lowest BCUT2D eigenvalue weighted by Crippen LogP contribution is -2.13. The van der Waals surface area contributed by atoms with Gasteiger partial charge in [-0.3, -0.25) is 4.79 Å². The third kappa shape index (κ3) is 2.72. The highest BCUT2D eigenvalue weighted by Crippen LogP contribution is 2.37. The number of anilines is 1. The van der Waals surface area contributed by atoms with Gasteiger partial charge in [-0.2, -0.15) is 0 Å². The Morgan fingerprint density at radius 3 is 2.86 bits per heavy atom. The molecule has 0 amide bonds. The monoisotopic (exact) mass is 305 g/mol. The van der Waals surface area contributed by atoms with Gasteiger partial charge in [-0.25, -0.2) is 9.97 Å². The van der Waals surface area contributed by atoms with Crippen molar-refractivity contribution < 1.29 is 9.53 Å². The molecule has 0 aliphatic heterocycles. The van der Waals surface area contributed by atoms with Crippen molar-refractivity contribution in [1.82, 2.24) is 9.97 Å². The first-order valence-corrected chi connectivity index (χ1v) is 8.11.